The molecule has 0 radical (unpaired) electrons. The van der Waals surface area contributed by atoms with E-state index in [9.17, 15) is 14.4 Å². The molecule has 0 aromatic heterocycles. The molecule has 0 rings (SSSR count). The van der Waals surface area contributed by atoms with Crippen LogP contribution in [0.4, 0.5) is 0 Å². The molecule has 0 aromatic rings. The lowest BCUT2D eigenvalue weighted by Gasteiger charge is -2.18. The highest BCUT2D eigenvalue weighted by atomic mass is 16.6. The molecule has 0 bridgehead atoms. The number of unbranched alkanes of at least 4 members (excludes halogenated alkanes) is 43. The first-order valence-corrected chi connectivity index (χ1v) is 32.5. The van der Waals surface area contributed by atoms with E-state index < -0.39 is 6.10 Å². The highest BCUT2D eigenvalue weighted by Crippen LogP contribution is 2.17. The molecule has 0 amide bonds. The van der Waals surface area contributed by atoms with E-state index in [2.05, 4.69) is 57.2 Å². The van der Waals surface area contributed by atoms with E-state index in [0.29, 0.717) is 19.3 Å². The molecule has 0 aliphatic carbocycles. The van der Waals surface area contributed by atoms with E-state index in [0.717, 1.165) is 64.2 Å². The molecule has 1 unspecified atom stereocenters. The van der Waals surface area contributed by atoms with Crippen LogP contribution in [0.1, 0.15) is 355 Å². The lowest BCUT2D eigenvalue weighted by Crippen LogP contribution is -2.30. The average Bonchev–Trinajstić information content (AvgIpc) is 3.39. The minimum Gasteiger partial charge on any atom is -0.462 e. The van der Waals surface area contributed by atoms with E-state index in [4.69, 9.17) is 14.2 Å². The van der Waals surface area contributed by atoms with Crippen molar-refractivity contribution in [3.05, 3.63) is 36.5 Å². The van der Waals surface area contributed by atoms with Gasteiger partial charge in [-0.25, -0.2) is 0 Å². The Labute approximate surface area is 455 Å². The smallest absolute Gasteiger partial charge is 0.306 e. The van der Waals surface area contributed by atoms with Crippen LogP contribution < -0.4 is 0 Å². The summed E-state index contributed by atoms with van der Waals surface area (Å²) in [5.41, 5.74) is 0. The van der Waals surface area contributed by atoms with Crippen LogP contribution in [0.2, 0.25) is 0 Å². The Bertz CT molecular complexity index is 1220. The zero-order valence-corrected chi connectivity index (χ0v) is 49.2. The molecular weight excluding hydrogens is 901 g/mol. The number of carbonyl (C=O) groups excluding carboxylic acids is 3. The normalized spacial score (nSPS) is 12.2. The van der Waals surface area contributed by atoms with E-state index in [-0.39, 0.29) is 31.1 Å². The second-order valence-corrected chi connectivity index (χ2v) is 22.0. The van der Waals surface area contributed by atoms with E-state index >= 15 is 0 Å². The maximum atomic E-state index is 12.9. The fraction of sp³-hybridized carbons (Fsp3) is 0.866. The van der Waals surface area contributed by atoms with Crippen molar-refractivity contribution in [3.8, 4) is 0 Å². The summed E-state index contributed by atoms with van der Waals surface area (Å²) in [5, 5.41) is 0. The van der Waals surface area contributed by atoms with Gasteiger partial charge >= 0.3 is 17.9 Å². The fourth-order valence-electron chi connectivity index (χ4n) is 9.71. The number of ether oxygens (including phenoxy) is 3. The molecular formula is C67H124O6. The average molecular weight is 1030 g/mol. The minimum atomic E-state index is -0.770. The van der Waals surface area contributed by atoms with Gasteiger partial charge < -0.3 is 14.2 Å². The molecule has 0 N–H and O–H groups in total. The number of esters is 3. The van der Waals surface area contributed by atoms with E-state index in [1.54, 1.807) is 0 Å². The highest BCUT2D eigenvalue weighted by molar-refractivity contribution is 5.71. The molecule has 0 aliphatic rings. The Morgan fingerprint density at radius 2 is 0.493 bits per heavy atom. The summed E-state index contributed by atoms with van der Waals surface area (Å²) in [5.74, 6) is -0.860. The van der Waals surface area contributed by atoms with Gasteiger partial charge in [-0.05, 0) is 77.0 Å². The van der Waals surface area contributed by atoms with Crippen LogP contribution in [0.3, 0.4) is 0 Å². The van der Waals surface area contributed by atoms with Crippen molar-refractivity contribution in [3.63, 3.8) is 0 Å². The van der Waals surface area contributed by atoms with Crippen molar-refractivity contribution >= 4 is 17.9 Å². The molecule has 428 valence electrons. The molecule has 0 saturated heterocycles. The monoisotopic (exact) mass is 1020 g/mol. The van der Waals surface area contributed by atoms with Crippen LogP contribution in [0.5, 0.6) is 0 Å². The largest absolute Gasteiger partial charge is 0.462 e. The van der Waals surface area contributed by atoms with Crippen LogP contribution in [0, 0.1) is 0 Å². The van der Waals surface area contributed by atoms with Crippen molar-refractivity contribution in [1.82, 2.24) is 0 Å². The van der Waals surface area contributed by atoms with Gasteiger partial charge in [-0.2, -0.15) is 0 Å². The molecule has 0 heterocycles. The summed E-state index contributed by atoms with van der Waals surface area (Å²) < 4.78 is 16.8. The van der Waals surface area contributed by atoms with Gasteiger partial charge in [0.25, 0.3) is 0 Å². The third kappa shape index (κ3) is 60.4. The van der Waals surface area contributed by atoms with Crippen LogP contribution >= 0.6 is 0 Å². The standard InChI is InChI=1S/C67H124O6/c1-4-7-10-13-16-18-20-22-24-26-28-30-31-32-33-34-35-37-38-40-42-44-46-48-51-54-57-60-66(69)72-63-64(62-71-65(68)59-56-53-50-15-12-9-6-3)73-67(70)61-58-55-52-49-47-45-43-41-39-36-29-27-25-23-21-19-17-14-11-8-5-2/h21,23,26-29,64H,4-20,22,24-25,30-63H2,1-3H3/b23-21-,28-26-,29-27-. The lowest BCUT2D eigenvalue weighted by atomic mass is 10.0. The Morgan fingerprint density at radius 3 is 0.767 bits per heavy atom. The zero-order chi connectivity index (χ0) is 52.9. The second kappa shape index (κ2) is 62.2. The molecule has 1 atom stereocenters. The molecule has 0 aliphatic heterocycles. The third-order valence-corrected chi connectivity index (χ3v) is 14.6. The van der Waals surface area contributed by atoms with Gasteiger partial charge in [-0.15, -0.1) is 0 Å². The van der Waals surface area contributed by atoms with Gasteiger partial charge in [-0.1, -0.05) is 295 Å². The highest BCUT2D eigenvalue weighted by Gasteiger charge is 2.19. The number of rotatable bonds is 60. The Kier molecular flexibility index (Phi) is 60.2. The van der Waals surface area contributed by atoms with Gasteiger partial charge in [-0.3, -0.25) is 14.4 Å². The molecule has 6 heteroatoms. The molecule has 73 heavy (non-hydrogen) atoms. The quantitative estimate of drug-likeness (QED) is 0.0261. The van der Waals surface area contributed by atoms with Crippen molar-refractivity contribution in [2.75, 3.05) is 13.2 Å². The molecule has 0 saturated carbocycles. The number of allylic oxidation sites excluding steroid dienone is 6. The van der Waals surface area contributed by atoms with E-state index in [1.165, 1.54) is 250 Å². The summed E-state index contributed by atoms with van der Waals surface area (Å²) in [7, 11) is 0. The van der Waals surface area contributed by atoms with Gasteiger partial charge in [0.05, 0.1) is 0 Å². The SMILES string of the molecule is CCCCCCC/C=C\C/C=C\CCCCCCCCCCCC(=O)OC(COC(=O)CCCCCCCCC)COC(=O)CCCCCCCCCCCCCCCCC/C=C\CCCCCCCCCC. The third-order valence-electron chi connectivity index (χ3n) is 14.6. The van der Waals surface area contributed by atoms with Crippen molar-refractivity contribution in [2.24, 2.45) is 0 Å². The molecule has 0 aromatic carbocycles. The van der Waals surface area contributed by atoms with Crippen LogP contribution in [0.15, 0.2) is 36.5 Å². The number of hydrogen-bond acceptors (Lipinski definition) is 6. The predicted molar refractivity (Wildman–Crippen MR) is 316 cm³/mol. The Balaban J connectivity index is 4.07. The number of hydrogen-bond donors (Lipinski definition) is 0. The van der Waals surface area contributed by atoms with Crippen molar-refractivity contribution in [2.45, 2.75) is 361 Å². The van der Waals surface area contributed by atoms with Crippen LogP contribution in [-0.4, -0.2) is 37.2 Å². The molecule has 6 nitrogen and oxygen atoms in total. The Hall–Kier alpha value is -2.37. The maximum Gasteiger partial charge on any atom is 0.306 e. The van der Waals surface area contributed by atoms with Gasteiger partial charge in [0, 0.05) is 19.3 Å². The van der Waals surface area contributed by atoms with E-state index in [1.807, 2.05) is 0 Å². The topological polar surface area (TPSA) is 78.9 Å². The van der Waals surface area contributed by atoms with Gasteiger partial charge in [0.2, 0.25) is 0 Å². The van der Waals surface area contributed by atoms with Gasteiger partial charge in [0.1, 0.15) is 13.2 Å². The minimum absolute atomic E-state index is 0.0699. The first-order chi connectivity index (χ1) is 36.0. The summed E-state index contributed by atoms with van der Waals surface area (Å²) in [4.78, 5) is 38.1. The fourth-order valence-corrected chi connectivity index (χ4v) is 9.71. The zero-order valence-electron chi connectivity index (χ0n) is 49.2. The van der Waals surface area contributed by atoms with Crippen LogP contribution in [-0.2, 0) is 28.6 Å². The van der Waals surface area contributed by atoms with Crippen LogP contribution in [0.25, 0.3) is 0 Å². The Morgan fingerprint density at radius 1 is 0.274 bits per heavy atom. The van der Waals surface area contributed by atoms with Crippen molar-refractivity contribution < 1.29 is 28.6 Å². The maximum absolute atomic E-state index is 12.9. The molecule has 0 fully saturated rings. The van der Waals surface area contributed by atoms with Gasteiger partial charge in [0.15, 0.2) is 6.10 Å². The summed E-state index contributed by atoms with van der Waals surface area (Å²) in [6, 6.07) is 0. The summed E-state index contributed by atoms with van der Waals surface area (Å²) >= 11 is 0. The molecule has 0 spiro atoms. The summed E-state index contributed by atoms with van der Waals surface area (Å²) in [6.45, 7) is 6.64. The first kappa shape index (κ1) is 70.6. The summed E-state index contributed by atoms with van der Waals surface area (Å²) in [6.07, 6.45) is 76.1. The first-order valence-electron chi connectivity index (χ1n) is 32.5. The lowest BCUT2D eigenvalue weighted by molar-refractivity contribution is -0.167. The predicted octanol–water partition coefficient (Wildman–Crippen LogP) is 22.0. The number of carbonyl (C=O) groups is 3. The van der Waals surface area contributed by atoms with Crippen molar-refractivity contribution in [1.29, 1.82) is 0 Å². The second-order valence-electron chi connectivity index (χ2n) is 22.0.